The van der Waals surface area contributed by atoms with E-state index < -0.39 is 0 Å². The third-order valence-electron chi connectivity index (χ3n) is 5.86. The highest BCUT2D eigenvalue weighted by Crippen LogP contribution is 2.41. The summed E-state index contributed by atoms with van der Waals surface area (Å²) in [5.74, 6) is 0.0751. The van der Waals surface area contributed by atoms with Crippen molar-refractivity contribution in [3.8, 4) is 0 Å². The molecule has 1 N–H and O–H groups in total. The van der Waals surface area contributed by atoms with Crippen molar-refractivity contribution in [2.75, 3.05) is 10.2 Å². The topological polar surface area (TPSA) is 32.3 Å². The van der Waals surface area contributed by atoms with Crippen LogP contribution in [0.25, 0.3) is 0 Å². The summed E-state index contributed by atoms with van der Waals surface area (Å²) in [6.07, 6.45) is 0.863. The van der Waals surface area contributed by atoms with Gasteiger partial charge >= 0.3 is 0 Å². The number of para-hydroxylation sites is 2. The first-order chi connectivity index (χ1) is 14.0. The number of fused-ring (bicyclic) bond motifs is 1. The second-order valence-electron chi connectivity index (χ2n) is 8.15. The molecule has 3 nitrogen and oxygen atoms in total. The summed E-state index contributed by atoms with van der Waals surface area (Å²) in [6, 6.07) is 22.8. The third-order valence-corrected chi connectivity index (χ3v) is 5.86. The van der Waals surface area contributed by atoms with Crippen molar-refractivity contribution in [2.24, 2.45) is 0 Å². The molecule has 0 spiro atoms. The predicted octanol–water partition coefficient (Wildman–Crippen LogP) is 6.20. The summed E-state index contributed by atoms with van der Waals surface area (Å²) < 4.78 is 0. The number of nitrogens with one attached hydrogen (secondary N) is 1. The van der Waals surface area contributed by atoms with Gasteiger partial charge in [0, 0.05) is 17.3 Å². The Hall–Kier alpha value is -3.07. The largest absolute Gasteiger partial charge is 0.378 e. The summed E-state index contributed by atoms with van der Waals surface area (Å²) in [5, 5.41) is 3.73. The monoisotopic (exact) mass is 384 g/mol. The van der Waals surface area contributed by atoms with E-state index in [2.05, 4.69) is 68.6 Å². The fraction of sp³-hybridized carbons (Fsp3) is 0.269. The third kappa shape index (κ3) is 3.65. The van der Waals surface area contributed by atoms with Crippen LogP contribution in [0.4, 0.5) is 11.4 Å². The molecule has 1 heterocycles. The van der Waals surface area contributed by atoms with Crippen molar-refractivity contribution < 1.29 is 4.79 Å². The first kappa shape index (κ1) is 19.3. The molecule has 3 aromatic carbocycles. The van der Waals surface area contributed by atoms with Crippen molar-refractivity contribution in [1.82, 2.24) is 0 Å². The van der Waals surface area contributed by atoms with Crippen LogP contribution >= 0.6 is 0 Å². The number of anilines is 2. The Kier molecular flexibility index (Phi) is 5.14. The van der Waals surface area contributed by atoms with E-state index in [4.69, 9.17) is 0 Å². The smallest absolute Gasteiger partial charge is 0.258 e. The predicted molar refractivity (Wildman–Crippen MR) is 121 cm³/mol. The molecule has 0 aromatic heterocycles. The Morgan fingerprint density at radius 1 is 0.931 bits per heavy atom. The molecule has 1 aliphatic rings. The molecule has 3 aromatic rings. The van der Waals surface area contributed by atoms with Gasteiger partial charge in [-0.05, 0) is 69.0 Å². The molecule has 1 amide bonds. The summed E-state index contributed by atoms with van der Waals surface area (Å²) >= 11 is 0. The van der Waals surface area contributed by atoms with E-state index in [1.807, 2.05) is 36.1 Å². The molecule has 2 atom stereocenters. The van der Waals surface area contributed by atoms with Crippen LogP contribution in [0.15, 0.2) is 66.7 Å². The van der Waals surface area contributed by atoms with Crippen molar-refractivity contribution in [2.45, 2.75) is 46.2 Å². The SMILES string of the molecule is Cc1cccc(C(=O)N2c3c(C)cccc3[C@@H](Nc3ccccc3C)C[C@H]2C)c1. The zero-order chi connectivity index (χ0) is 20.5. The Labute approximate surface area is 173 Å². The molecule has 3 heteroatoms. The lowest BCUT2D eigenvalue weighted by Gasteiger charge is -2.41. The maximum absolute atomic E-state index is 13.5. The normalized spacial score (nSPS) is 18.3. The molecule has 0 fully saturated rings. The summed E-state index contributed by atoms with van der Waals surface area (Å²) in [7, 11) is 0. The Morgan fingerprint density at radius 2 is 1.66 bits per heavy atom. The summed E-state index contributed by atoms with van der Waals surface area (Å²) in [5.41, 5.74) is 7.59. The minimum absolute atomic E-state index is 0.0751. The number of hydrogen-bond donors (Lipinski definition) is 1. The number of hydrogen-bond acceptors (Lipinski definition) is 2. The Bertz CT molecular complexity index is 1060. The zero-order valence-corrected chi connectivity index (χ0v) is 17.6. The standard InChI is InChI=1S/C26H28N2O/c1-17-9-7-12-21(15-17)26(29)28-20(4)16-24(22-13-8-11-19(3)25(22)28)27-23-14-6-5-10-18(23)2/h5-15,20,24,27H,16H2,1-4H3/t20-,24+/m1/s1. The van der Waals surface area contributed by atoms with Gasteiger partial charge in [0.25, 0.3) is 5.91 Å². The van der Waals surface area contributed by atoms with E-state index in [0.717, 1.165) is 34.5 Å². The van der Waals surface area contributed by atoms with Gasteiger partial charge in [0.1, 0.15) is 0 Å². The maximum atomic E-state index is 13.5. The highest BCUT2D eigenvalue weighted by molar-refractivity contribution is 6.07. The molecule has 4 rings (SSSR count). The summed E-state index contributed by atoms with van der Waals surface area (Å²) in [4.78, 5) is 15.5. The Morgan fingerprint density at radius 3 is 2.41 bits per heavy atom. The van der Waals surface area contributed by atoms with Gasteiger partial charge in [0.15, 0.2) is 0 Å². The number of amides is 1. The lowest BCUT2D eigenvalue weighted by atomic mass is 9.88. The lowest BCUT2D eigenvalue weighted by Crippen LogP contribution is -2.44. The van der Waals surface area contributed by atoms with Gasteiger partial charge < -0.3 is 10.2 Å². The zero-order valence-electron chi connectivity index (χ0n) is 17.6. The van der Waals surface area contributed by atoms with E-state index in [-0.39, 0.29) is 18.0 Å². The van der Waals surface area contributed by atoms with Gasteiger partial charge in [-0.25, -0.2) is 0 Å². The van der Waals surface area contributed by atoms with E-state index in [1.54, 1.807) is 0 Å². The van der Waals surface area contributed by atoms with Crippen LogP contribution in [0.2, 0.25) is 0 Å². The highest BCUT2D eigenvalue weighted by atomic mass is 16.2. The van der Waals surface area contributed by atoms with Gasteiger partial charge in [-0.3, -0.25) is 4.79 Å². The minimum atomic E-state index is 0.0751. The van der Waals surface area contributed by atoms with Crippen LogP contribution in [0.5, 0.6) is 0 Å². The van der Waals surface area contributed by atoms with Gasteiger partial charge in [0.05, 0.1) is 11.7 Å². The molecule has 0 saturated carbocycles. The fourth-order valence-corrected chi connectivity index (χ4v) is 4.36. The van der Waals surface area contributed by atoms with E-state index in [1.165, 1.54) is 11.1 Å². The lowest BCUT2D eigenvalue weighted by molar-refractivity contribution is 0.0974. The first-order valence-electron chi connectivity index (χ1n) is 10.3. The molecule has 148 valence electrons. The second kappa shape index (κ2) is 7.75. The van der Waals surface area contributed by atoms with Crippen LogP contribution in [0.3, 0.4) is 0 Å². The van der Waals surface area contributed by atoms with Gasteiger partial charge in [-0.1, -0.05) is 54.1 Å². The molecule has 0 unspecified atom stereocenters. The first-order valence-corrected chi connectivity index (χ1v) is 10.3. The van der Waals surface area contributed by atoms with E-state index in [0.29, 0.717) is 0 Å². The average Bonchev–Trinajstić information content (AvgIpc) is 2.70. The van der Waals surface area contributed by atoms with Gasteiger partial charge in [-0.2, -0.15) is 0 Å². The van der Waals surface area contributed by atoms with Crippen molar-refractivity contribution in [1.29, 1.82) is 0 Å². The van der Waals surface area contributed by atoms with Gasteiger partial charge in [-0.15, -0.1) is 0 Å². The number of aryl methyl sites for hydroxylation is 3. The average molecular weight is 385 g/mol. The van der Waals surface area contributed by atoms with Gasteiger partial charge in [0.2, 0.25) is 0 Å². The number of nitrogens with zero attached hydrogens (tertiary/aromatic N) is 1. The summed E-state index contributed by atoms with van der Waals surface area (Å²) in [6.45, 7) is 8.39. The van der Waals surface area contributed by atoms with Crippen LogP contribution in [-0.4, -0.2) is 11.9 Å². The molecule has 0 radical (unpaired) electrons. The Balaban J connectivity index is 1.75. The van der Waals surface area contributed by atoms with Crippen LogP contribution < -0.4 is 10.2 Å². The quantitative estimate of drug-likeness (QED) is 0.583. The maximum Gasteiger partial charge on any atom is 0.258 e. The molecule has 0 saturated heterocycles. The molecular weight excluding hydrogens is 356 g/mol. The molecular formula is C26H28N2O. The number of carbonyl (C=O) groups is 1. The molecule has 0 bridgehead atoms. The highest BCUT2D eigenvalue weighted by Gasteiger charge is 2.35. The molecule has 29 heavy (non-hydrogen) atoms. The fourth-order valence-electron chi connectivity index (χ4n) is 4.36. The van der Waals surface area contributed by atoms with Crippen LogP contribution in [-0.2, 0) is 0 Å². The van der Waals surface area contributed by atoms with Crippen molar-refractivity contribution >= 4 is 17.3 Å². The second-order valence-corrected chi connectivity index (χ2v) is 8.15. The number of benzene rings is 3. The van der Waals surface area contributed by atoms with Crippen LogP contribution in [0.1, 0.15) is 52.0 Å². The molecule has 1 aliphatic heterocycles. The number of rotatable bonds is 3. The van der Waals surface area contributed by atoms with E-state index in [9.17, 15) is 4.79 Å². The number of carbonyl (C=O) groups excluding carboxylic acids is 1. The van der Waals surface area contributed by atoms with Crippen molar-refractivity contribution in [3.63, 3.8) is 0 Å². The van der Waals surface area contributed by atoms with Crippen molar-refractivity contribution in [3.05, 3.63) is 94.5 Å². The van der Waals surface area contributed by atoms with Crippen LogP contribution in [0, 0.1) is 20.8 Å². The minimum Gasteiger partial charge on any atom is -0.378 e. The molecule has 0 aliphatic carbocycles. The van der Waals surface area contributed by atoms with E-state index >= 15 is 0 Å².